The van der Waals surface area contributed by atoms with Crippen molar-refractivity contribution in [2.45, 2.75) is 51.1 Å². The highest BCUT2D eigenvalue weighted by molar-refractivity contribution is 5.81. The maximum atomic E-state index is 12.6. The van der Waals surface area contributed by atoms with E-state index >= 15 is 0 Å². The average Bonchev–Trinajstić information content (AvgIpc) is 3.58. The Kier molecular flexibility index (Phi) is 5.72. The number of nitrogens with one attached hydrogen (secondary N) is 1. The number of rotatable bonds is 5. The number of aromatic nitrogens is 1. The number of amides is 2. The van der Waals surface area contributed by atoms with Crippen molar-refractivity contribution in [3.05, 3.63) is 30.1 Å². The lowest BCUT2D eigenvalue weighted by molar-refractivity contribution is -0.134. The third-order valence-corrected chi connectivity index (χ3v) is 6.26. The highest BCUT2D eigenvalue weighted by Gasteiger charge is 2.37. The van der Waals surface area contributed by atoms with Gasteiger partial charge in [-0.1, -0.05) is 0 Å². The Morgan fingerprint density at radius 3 is 2.44 bits per heavy atom. The Balaban J connectivity index is 1.24. The molecule has 146 valence electrons. The summed E-state index contributed by atoms with van der Waals surface area (Å²) in [5.41, 5.74) is 1.08. The van der Waals surface area contributed by atoms with Gasteiger partial charge in [-0.05, 0) is 62.8 Å². The second-order valence-electron chi connectivity index (χ2n) is 8.24. The van der Waals surface area contributed by atoms with Gasteiger partial charge in [0.2, 0.25) is 11.8 Å². The van der Waals surface area contributed by atoms with Crippen LogP contribution < -0.4 is 5.32 Å². The Morgan fingerprint density at radius 2 is 1.74 bits per heavy atom. The zero-order valence-electron chi connectivity index (χ0n) is 16.0. The summed E-state index contributed by atoms with van der Waals surface area (Å²) in [5.74, 6) is 0.940. The molecule has 1 N–H and O–H groups in total. The van der Waals surface area contributed by atoms with Gasteiger partial charge in [-0.2, -0.15) is 0 Å². The molecular formula is C21H30N4O2. The van der Waals surface area contributed by atoms with Crippen molar-refractivity contribution in [2.75, 3.05) is 26.2 Å². The molecule has 2 amide bonds. The van der Waals surface area contributed by atoms with Gasteiger partial charge >= 0.3 is 0 Å². The topological polar surface area (TPSA) is 65.5 Å². The molecule has 0 radical (unpaired) electrons. The first-order chi connectivity index (χ1) is 13.2. The summed E-state index contributed by atoms with van der Waals surface area (Å²) in [6, 6.07) is 4.39. The van der Waals surface area contributed by atoms with Crippen LogP contribution in [0, 0.1) is 11.8 Å². The fourth-order valence-electron chi connectivity index (χ4n) is 4.43. The van der Waals surface area contributed by atoms with Gasteiger partial charge in [-0.25, -0.2) is 0 Å². The summed E-state index contributed by atoms with van der Waals surface area (Å²) in [7, 11) is 0. The smallest absolute Gasteiger partial charge is 0.225 e. The number of carbonyl (C=O) groups excluding carboxylic acids is 2. The zero-order valence-corrected chi connectivity index (χ0v) is 16.0. The first-order valence-electron chi connectivity index (χ1n) is 10.4. The van der Waals surface area contributed by atoms with Crippen LogP contribution >= 0.6 is 0 Å². The molecule has 3 aliphatic rings. The van der Waals surface area contributed by atoms with Crippen LogP contribution in [0.3, 0.4) is 0 Å². The van der Waals surface area contributed by atoms with E-state index in [1.807, 2.05) is 12.1 Å². The van der Waals surface area contributed by atoms with Crippen molar-refractivity contribution in [1.82, 2.24) is 20.1 Å². The molecule has 1 aromatic heterocycles. The second kappa shape index (κ2) is 8.38. The minimum atomic E-state index is 0.0757. The van der Waals surface area contributed by atoms with E-state index < -0.39 is 0 Å². The number of pyridine rings is 1. The molecule has 1 aromatic rings. The SMILES string of the molecule is O=C(NCc1ccncc1)[C@@H]1CCCN(C2CCN(C(=O)C3CC3)CC2)C1. The molecule has 27 heavy (non-hydrogen) atoms. The standard InChI is InChI=1S/C21H30N4O2/c26-20(23-14-16-5-9-22-10-6-16)18-2-1-11-25(15-18)19-7-12-24(13-8-19)21(27)17-3-4-17/h5-6,9-10,17-19H,1-4,7-8,11-15H2,(H,23,26)/t18-/m1/s1. The second-order valence-corrected chi connectivity index (χ2v) is 8.24. The van der Waals surface area contributed by atoms with E-state index in [2.05, 4.69) is 20.1 Å². The van der Waals surface area contributed by atoms with Crippen LogP contribution in [0.4, 0.5) is 0 Å². The molecule has 4 rings (SSSR count). The van der Waals surface area contributed by atoms with Gasteiger partial charge in [0, 0.05) is 50.5 Å². The monoisotopic (exact) mass is 370 g/mol. The van der Waals surface area contributed by atoms with Gasteiger partial charge in [-0.15, -0.1) is 0 Å². The summed E-state index contributed by atoms with van der Waals surface area (Å²) in [6.07, 6.45) is 9.82. The Morgan fingerprint density at radius 1 is 1.00 bits per heavy atom. The number of likely N-dealkylation sites (tertiary alicyclic amines) is 2. The number of hydrogen-bond donors (Lipinski definition) is 1. The van der Waals surface area contributed by atoms with Crippen LogP contribution in [0.1, 0.15) is 44.1 Å². The quantitative estimate of drug-likeness (QED) is 0.859. The highest BCUT2D eigenvalue weighted by atomic mass is 16.2. The van der Waals surface area contributed by atoms with Crippen molar-refractivity contribution >= 4 is 11.8 Å². The molecule has 0 unspecified atom stereocenters. The normalized spacial score (nSPS) is 24.6. The van der Waals surface area contributed by atoms with Crippen molar-refractivity contribution < 1.29 is 9.59 Å². The van der Waals surface area contributed by atoms with E-state index in [1.54, 1.807) is 12.4 Å². The fourth-order valence-corrected chi connectivity index (χ4v) is 4.43. The summed E-state index contributed by atoms with van der Waals surface area (Å²) >= 11 is 0. The first-order valence-corrected chi connectivity index (χ1v) is 10.4. The Bertz CT molecular complexity index is 653. The maximum Gasteiger partial charge on any atom is 0.225 e. The highest BCUT2D eigenvalue weighted by Crippen LogP contribution is 2.32. The largest absolute Gasteiger partial charge is 0.352 e. The van der Waals surface area contributed by atoms with E-state index in [9.17, 15) is 9.59 Å². The minimum absolute atomic E-state index is 0.0757. The molecule has 2 saturated heterocycles. The number of carbonyl (C=O) groups is 2. The van der Waals surface area contributed by atoms with E-state index in [0.717, 1.165) is 70.3 Å². The minimum Gasteiger partial charge on any atom is -0.352 e. The van der Waals surface area contributed by atoms with Crippen molar-refractivity contribution in [3.8, 4) is 0 Å². The summed E-state index contributed by atoms with van der Waals surface area (Å²) < 4.78 is 0. The lowest BCUT2D eigenvalue weighted by Gasteiger charge is -2.42. The van der Waals surface area contributed by atoms with Crippen molar-refractivity contribution in [3.63, 3.8) is 0 Å². The molecule has 1 atom stereocenters. The lowest BCUT2D eigenvalue weighted by atomic mass is 9.93. The predicted molar refractivity (Wildman–Crippen MR) is 103 cm³/mol. The summed E-state index contributed by atoms with van der Waals surface area (Å²) in [6.45, 7) is 4.27. The molecule has 6 heteroatoms. The van der Waals surface area contributed by atoms with Gasteiger partial charge in [0.05, 0.1) is 5.92 Å². The van der Waals surface area contributed by atoms with Gasteiger partial charge in [-0.3, -0.25) is 19.5 Å². The molecule has 6 nitrogen and oxygen atoms in total. The molecular weight excluding hydrogens is 340 g/mol. The molecule has 1 saturated carbocycles. The molecule has 0 aromatic carbocycles. The van der Waals surface area contributed by atoms with Gasteiger partial charge < -0.3 is 10.2 Å². The van der Waals surface area contributed by atoms with E-state index in [0.29, 0.717) is 24.4 Å². The fraction of sp³-hybridized carbons (Fsp3) is 0.667. The van der Waals surface area contributed by atoms with Crippen LogP contribution in [0.2, 0.25) is 0 Å². The van der Waals surface area contributed by atoms with E-state index in [4.69, 9.17) is 0 Å². The van der Waals surface area contributed by atoms with Gasteiger partial charge in [0.25, 0.3) is 0 Å². The third-order valence-electron chi connectivity index (χ3n) is 6.26. The molecule has 2 aliphatic heterocycles. The third kappa shape index (κ3) is 4.67. The predicted octanol–water partition coefficient (Wildman–Crippen LogP) is 1.81. The maximum absolute atomic E-state index is 12.6. The summed E-state index contributed by atoms with van der Waals surface area (Å²) in [4.78, 5) is 33.4. The van der Waals surface area contributed by atoms with Crippen LogP contribution in [0.15, 0.2) is 24.5 Å². The molecule has 3 fully saturated rings. The van der Waals surface area contributed by atoms with E-state index in [-0.39, 0.29) is 11.8 Å². The first kappa shape index (κ1) is 18.4. The number of nitrogens with zero attached hydrogens (tertiary/aromatic N) is 3. The van der Waals surface area contributed by atoms with Crippen LogP contribution in [0.5, 0.6) is 0 Å². The van der Waals surface area contributed by atoms with Gasteiger partial charge in [0.1, 0.15) is 0 Å². The van der Waals surface area contributed by atoms with Crippen LogP contribution in [0.25, 0.3) is 0 Å². The van der Waals surface area contributed by atoms with Crippen LogP contribution in [-0.2, 0) is 16.1 Å². The van der Waals surface area contributed by atoms with Crippen molar-refractivity contribution in [2.24, 2.45) is 11.8 Å². The van der Waals surface area contributed by atoms with Gasteiger partial charge in [0.15, 0.2) is 0 Å². The lowest BCUT2D eigenvalue weighted by Crippen LogP contribution is -2.51. The molecule has 0 spiro atoms. The molecule has 1 aliphatic carbocycles. The van der Waals surface area contributed by atoms with Crippen LogP contribution in [-0.4, -0.2) is 58.8 Å². The average molecular weight is 370 g/mol. The zero-order chi connectivity index (χ0) is 18.6. The number of piperidine rings is 2. The summed E-state index contributed by atoms with van der Waals surface area (Å²) in [5, 5.41) is 3.09. The molecule has 0 bridgehead atoms. The number of hydrogen-bond acceptors (Lipinski definition) is 4. The van der Waals surface area contributed by atoms with E-state index in [1.165, 1.54) is 0 Å². The Hall–Kier alpha value is -1.95. The molecule has 3 heterocycles. The Labute approximate surface area is 161 Å². The van der Waals surface area contributed by atoms with Crippen molar-refractivity contribution in [1.29, 1.82) is 0 Å².